The lowest BCUT2D eigenvalue weighted by molar-refractivity contribution is -0.138. The average Bonchev–Trinajstić information content (AvgIpc) is 2.37. The molecule has 0 aromatic heterocycles. The zero-order valence-electron chi connectivity index (χ0n) is 11.9. The lowest BCUT2D eigenvalue weighted by Crippen LogP contribution is -2.59. The highest BCUT2D eigenvalue weighted by Gasteiger charge is 2.32. The van der Waals surface area contributed by atoms with Crippen LogP contribution in [0.4, 0.5) is 0 Å². The number of likely N-dealkylation sites (tertiary alicyclic amines) is 1. The van der Waals surface area contributed by atoms with Crippen LogP contribution in [-0.2, 0) is 4.79 Å². The van der Waals surface area contributed by atoms with Crippen LogP contribution < -0.4 is 5.32 Å². The number of likely N-dealkylation sites (N-methyl/N-ethyl adjacent to an activating group) is 3. The molecule has 5 nitrogen and oxygen atoms in total. The van der Waals surface area contributed by atoms with E-state index in [-0.39, 0.29) is 11.9 Å². The minimum absolute atomic E-state index is 0.0102. The average molecular weight is 254 g/mol. The number of piperazine rings is 1. The van der Waals surface area contributed by atoms with Gasteiger partial charge in [-0.05, 0) is 33.5 Å². The monoisotopic (exact) mass is 254 g/mol. The van der Waals surface area contributed by atoms with Crippen molar-refractivity contribution in [2.45, 2.75) is 24.9 Å². The van der Waals surface area contributed by atoms with E-state index < -0.39 is 0 Å². The Morgan fingerprint density at radius 1 is 1.33 bits per heavy atom. The van der Waals surface area contributed by atoms with Gasteiger partial charge < -0.3 is 15.1 Å². The van der Waals surface area contributed by atoms with Crippen molar-refractivity contribution in [3.05, 3.63) is 0 Å². The molecule has 1 amide bonds. The van der Waals surface area contributed by atoms with E-state index in [1.165, 1.54) is 6.42 Å². The number of piperidine rings is 1. The molecule has 2 fully saturated rings. The van der Waals surface area contributed by atoms with Crippen molar-refractivity contribution >= 4 is 5.91 Å². The third-order valence-corrected chi connectivity index (χ3v) is 4.29. The molecule has 0 radical (unpaired) electrons. The van der Waals surface area contributed by atoms with E-state index >= 15 is 0 Å². The molecule has 0 aliphatic carbocycles. The number of hydrogen-bond donors (Lipinski definition) is 1. The first-order chi connectivity index (χ1) is 8.59. The molecule has 2 heterocycles. The van der Waals surface area contributed by atoms with E-state index in [4.69, 9.17) is 0 Å². The van der Waals surface area contributed by atoms with Crippen molar-refractivity contribution in [3.8, 4) is 0 Å². The van der Waals surface area contributed by atoms with Gasteiger partial charge in [0, 0.05) is 39.3 Å². The number of amides is 1. The molecular formula is C13H26N4O. The summed E-state index contributed by atoms with van der Waals surface area (Å²) in [6.07, 6.45) is 2.33. The van der Waals surface area contributed by atoms with Gasteiger partial charge in [0.1, 0.15) is 6.04 Å². The fourth-order valence-corrected chi connectivity index (χ4v) is 2.95. The third kappa shape index (κ3) is 3.02. The lowest BCUT2D eigenvalue weighted by Gasteiger charge is -2.40. The fourth-order valence-electron chi connectivity index (χ4n) is 2.95. The SMILES string of the molecule is CN1CCCC(N(C)C(=O)C2CNCCN2C)C1. The summed E-state index contributed by atoms with van der Waals surface area (Å²) < 4.78 is 0. The molecule has 2 rings (SSSR count). The van der Waals surface area contributed by atoms with Crippen LogP contribution in [0.3, 0.4) is 0 Å². The van der Waals surface area contributed by atoms with Crippen molar-refractivity contribution < 1.29 is 4.79 Å². The van der Waals surface area contributed by atoms with E-state index in [1.807, 2.05) is 19.0 Å². The zero-order chi connectivity index (χ0) is 13.1. The van der Waals surface area contributed by atoms with Crippen molar-refractivity contribution in [2.24, 2.45) is 0 Å². The van der Waals surface area contributed by atoms with Gasteiger partial charge in [0.05, 0.1) is 0 Å². The summed E-state index contributed by atoms with van der Waals surface area (Å²) in [6.45, 7) is 4.88. The molecular weight excluding hydrogens is 228 g/mol. The van der Waals surface area contributed by atoms with E-state index in [9.17, 15) is 4.79 Å². The number of carbonyl (C=O) groups is 1. The molecule has 18 heavy (non-hydrogen) atoms. The van der Waals surface area contributed by atoms with Crippen LogP contribution in [0.15, 0.2) is 0 Å². The lowest BCUT2D eigenvalue weighted by atomic mass is 10.0. The predicted molar refractivity (Wildman–Crippen MR) is 72.6 cm³/mol. The molecule has 0 aromatic rings. The van der Waals surface area contributed by atoms with E-state index in [0.717, 1.165) is 39.1 Å². The smallest absolute Gasteiger partial charge is 0.241 e. The molecule has 2 aliphatic heterocycles. The highest BCUT2D eigenvalue weighted by atomic mass is 16.2. The number of nitrogens with one attached hydrogen (secondary N) is 1. The Labute approximate surface area is 110 Å². The van der Waals surface area contributed by atoms with Gasteiger partial charge in [0.25, 0.3) is 0 Å². The second kappa shape index (κ2) is 5.99. The first-order valence-electron chi connectivity index (χ1n) is 6.95. The van der Waals surface area contributed by atoms with E-state index in [2.05, 4.69) is 22.2 Å². The van der Waals surface area contributed by atoms with Gasteiger partial charge in [-0.1, -0.05) is 0 Å². The Morgan fingerprint density at radius 2 is 2.11 bits per heavy atom. The molecule has 2 aliphatic rings. The number of hydrogen-bond acceptors (Lipinski definition) is 4. The maximum Gasteiger partial charge on any atom is 0.241 e. The Kier molecular flexibility index (Phi) is 4.59. The number of carbonyl (C=O) groups excluding carboxylic acids is 1. The number of rotatable bonds is 2. The molecule has 104 valence electrons. The minimum atomic E-state index is 0.0102. The Hall–Kier alpha value is -0.650. The number of nitrogens with zero attached hydrogens (tertiary/aromatic N) is 3. The van der Waals surface area contributed by atoms with Crippen LogP contribution in [0.1, 0.15) is 12.8 Å². The van der Waals surface area contributed by atoms with Gasteiger partial charge in [-0.25, -0.2) is 0 Å². The van der Waals surface area contributed by atoms with Crippen molar-refractivity contribution in [1.82, 2.24) is 20.0 Å². The molecule has 1 N–H and O–H groups in total. The topological polar surface area (TPSA) is 38.8 Å². The van der Waals surface area contributed by atoms with Gasteiger partial charge in [0.2, 0.25) is 5.91 Å². The van der Waals surface area contributed by atoms with Crippen LogP contribution in [0.5, 0.6) is 0 Å². The van der Waals surface area contributed by atoms with Crippen molar-refractivity contribution in [2.75, 3.05) is 53.9 Å². The summed E-state index contributed by atoms with van der Waals surface area (Å²) in [7, 11) is 6.15. The second-order valence-corrected chi connectivity index (χ2v) is 5.71. The summed E-state index contributed by atoms with van der Waals surface area (Å²) in [5.74, 6) is 0.269. The Morgan fingerprint density at radius 3 is 2.78 bits per heavy atom. The van der Waals surface area contributed by atoms with Gasteiger partial charge in [-0.15, -0.1) is 0 Å². The van der Waals surface area contributed by atoms with Crippen LogP contribution in [-0.4, -0.2) is 86.6 Å². The van der Waals surface area contributed by atoms with Gasteiger partial charge in [-0.3, -0.25) is 9.69 Å². The van der Waals surface area contributed by atoms with Crippen molar-refractivity contribution in [3.63, 3.8) is 0 Å². The van der Waals surface area contributed by atoms with Crippen LogP contribution in [0.2, 0.25) is 0 Å². The molecule has 0 spiro atoms. The first-order valence-corrected chi connectivity index (χ1v) is 6.95. The highest BCUT2D eigenvalue weighted by molar-refractivity contribution is 5.82. The maximum atomic E-state index is 12.5. The van der Waals surface area contributed by atoms with E-state index in [0.29, 0.717) is 6.04 Å². The molecule has 2 atom stereocenters. The van der Waals surface area contributed by atoms with E-state index in [1.54, 1.807) is 0 Å². The van der Waals surface area contributed by atoms with Crippen molar-refractivity contribution in [1.29, 1.82) is 0 Å². The molecule has 2 unspecified atom stereocenters. The quantitative estimate of drug-likeness (QED) is 0.717. The standard InChI is InChI=1S/C13H26N4O/c1-15-7-4-5-11(10-15)17(3)13(18)12-9-14-6-8-16(12)2/h11-12,14H,4-10H2,1-3H3. The normalized spacial score (nSPS) is 31.3. The largest absolute Gasteiger partial charge is 0.340 e. The molecule has 0 saturated carbocycles. The van der Waals surface area contributed by atoms with Crippen LogP contribution >= 0.6 is 0 Å². The summed E-state index contributed by atoms with van der Waals surface area (Å²) >= 11 is 0. The summed E-state index contributed by atoms with van der Waals surface area (Å²) in [5.41, 5.74) is 0. The second-order valence-electron chi connectivity index (χ2n) is 5.71. The summed E-state index contributed by atoms with van der Waals surface area (Å²) in [6, 6.07) is 0.391. The molecule has 0 aromatic carbocycles. The zero-order valence-corrected chi connectivity index (χ0v) is 11.9. The Balaban J connectivity index is 1.94. The van der Waals surface area contributed by atoms with Crippen LogP contribution in [0, 0.1) is 0 Å². The molecule has 2 saturated heterocycles. The summed E-state index contributed by atoms with van der Waals surface area (Å²) in [4.78, 5) is 19.0. The maximum absolute atomic E-state index is 12.5. The van der Waals surface area contributed by atoms with Gasteiger partial charge in [0.15, 0.2) is 0 Å². The third-order valence-electron chi connectivity index (χ3n) is 4.29. The minimum Gasteiger partial charge on any atom is -0.340 e. The summed E-state index contributed by atoms with van der Waals surface area (Å²) in [5, 5.41) is 3.31. The molecule has 0 bridgehead atoms. The predicted octanol–water partition coefficient (Wildman–Crippen LogP) is -0.557. The van der Waals surface area contributed by atoms with Gasteiger partial charge >= 0.3 is 0 Å². The Bertz CT molecular complexity index is 297. The fraction of sp³-hybridized carbons (Fsp3) is 0.923. The highest BCUT2D eigenvalue weighted by Crippen LogP contribution is 2.15. The van der Waals surface area contributed by atoms with Gasteiger partial charge in [-0.2, -0.15) is 0 Å². The molecule has 5 heteroatoms. The van der Waals surface area contributed by atoms with Crippen LogP contribution in [0.25, 0.3) is 0 Å². The first kappa shape index (κ1) is 13.8.